The van der Waals surface area contributed by atoms with E-state index in [1.54, 1.807) is 0 Å². The summed E-state index contributed by atoms with van der Waals surface area (Å²) in [5.41, 5.74) is 2.31. The Hall–Kier alpha value is -1.80. The van der Waals surface area contributed by atoms with Gasteiger partial charge in [-0.2, -0.15) is 0 Å². The van der Waals surface area contributed by atoms with Crippen molar-refractivity contribution in [3.8, 4) is 0 Å². The maximum absolute atomic E-state index is 11.4. The van der Waals surface area contributed by atoms with Crippen LogP contribution in [0.5, 0.6) is 0 Å². The van der Waals surface area contributed by atoms with Gasteiger partial charge in [-0.1, -0.05) is 54.1 Å². The highest BCUT2D eigenvalue weighted by molar-refractivity contribution is 5.32. The van der Waals surface area contributed by atoms with Crippen molar-refractivity contribution in [1.29, 1.82) is 0 Å². The van der Waals surface area contributed by atoms with Crippen LogP contribution in [0, 0.1) is 13.8 Å². The van der Waals surface area contributed by atoms with Gasteiger partial charge in [-0.25, -0.2) is 0 Å². The van der Waals surface area contributed by atoms with Crippen LogP contribution in [0.2, 0.25) is 0 Å². The Kier molecular flexibility index (Phi) is 5.26. The van der Waals surface area contributed by atoms with Gasteiger partial charge in [0.1, 0.15) is 30.0 Å². The summed E-state index contributed by atoms with van der Waals surface area (Å²) < 4.78 is 18.1. The van der Waals surface area contributed by atoms with Crippen molar-refractivity contribution in [2.45, 2.75) is 50.2 Å². The lowest BCUT2D eigenvalue weighted by molar-refractivity contribution is -0.292. The number of benzene rings is 2. The highest BCUT2D eigenvalue weighted by Crippen LogP contribution is 2.49. The number of aryl methyl sites for hydroxylation is 2. The Balaban J connectivity index is 1.67. The first-order valence-corrected chi connectivity index (χ1v) is 9.50. The van der Waals surface area contributed by atoms with Crippen molar-refractivity contribution < 1.29 is 29.5 Å². The topological polar surface area (TPSA) is 88.4 Å². The van der Waals surface area contributed by atoms with Gasteiger partial charge < -0.3 is 29.5 Å². The molecule has 6 heteroatoms. The number of ether oxygens (including phenoxy) is 3. The number of fused-ring (bicyclic) bond motifs is 1. The summed E-state index contributed by atoms with van der Waals surface area (Å²) in [6.45, 7) is 3.50. The average Bonchev–Trinajstić information content (AvgIpc) is 3.00. The number of aliphatic hydroxyl groups excluding tert-OH is 2. The second-order valence-corrected chi connectivity index (χ2v) is 7.69. The second kappa shape index (κ2) is 7.55. The van der Waals surface area contributed by atoms with E-state index >= 15 is 0 Å². The molecule has 3 N–H and O–H groups in total. The summed E-state index contributed by atoms with van der Waals surface area (Å²) in [5, 5.41) is 31.3. The summed E-state index contributed by atoms with van der Waals surface area (Å²) >= 11 is 0. The lowest BCUT2D eigenvalue weighted by Crippen LogP contribution is -2.56. The van der Waals surface area contributed by atoms with E-state index in [1.165, 1.54) is 0 Å². The third-order valence-corrected chi connectivity index (χ3v) is 5.62. The van der Waals surface area contributed by atoms with Gasteiger partial charge in [0.15, 0.2) is 6.29 Å². The van der Waals surface area contributed by atoms with Gasteiger partial charge in [0.25, 0.3) is 0 Å². The molecule has 2 aromatic rings. The normalized spacial score (nSPS) is 33.5. The van der Waals surface area contributed by atoms with E-state index in [0.29, 0.717) is 0 Å². The molecular formula is C22H26O6. The van der Waals surface area contributed by atoms with E-state index in [2.05, 4.69) is 0 Å². The number of hydrogen-bond donors (Lipinski definition) is 3. The highest BCUT2D eigenvalue weighted by Gasteiger charge is 2.61. The summed E-state index contributed by atoms with van der Waals surface area (Å²) in [5.74, 6) is 0. The van der Waals surface area contributed by atoms with Gasteiger partial charge in [0.05, 0.1) is 13.2 Å². The molecule has 4 rings (SSSR count). The molecule has 0 aromatic heterocycles. The molecular weight excluding hydrogens is 360 g/mol. The fraction of sp³-hybridized carbons (Fsp3) is 0.455. The van der Waals surface area contributed by atoms with Gasteiger partial charge in [0.2, 0.25) is 0 Å². The molecule has 150 valence electrons. The Morgan fingerprint density at radius 1 is 1.11 bits per heavy atom. The summed E-state index contributed by atoms with van der Waals surface area (Å²) in [7, 11) is 0. The standard InChI is InChI=1S/C22H26O6/c1-13-8-9-16(14(2)10-13)21-26-12-22(25)19(15-6-4-3-5-7-15)27-18(17(24)11-23)20(22)28-21/h3-10,17-21,23-25H,11-12H2,1-2H3/t17?,18-,19?,20+,21?,22-/m1/s1. The monoisotopic (exact) mass is 386 g/mol. The molecule has 0 saturated carbocycles. The first-order valence-electron chi connectivity index (χ1n) is 9.50. The molecule has 2 aliphatic heterocycles. The van der Waals surface area contributed by atoms with Crippen LogP contribution in [0.3, 0.4) is 0 Å². The maximum atomic E-state index is 11.4. The maximum Gasteiger partial charge on any atom is 0.184 e. The first-order chi connectivity index (χ1) is 13.4. The minimum atomic E-state index is -1.47. The van der Waals surface area contributed by atoms with Crippen LogP contribution in [0.4, 0.5) is 0 Å². The van der Waals surface area contributed by atoms with Gasteiger partial charge in [-0.3, -0.25) is 0 Å². The molecule has 6 nitrogen and oxygen atoms in total. The number of rotatable bonds is 4. The largest absolute Gasteiger partial charge is 0.394 e. The molecule has 0 aliphatic carbocycles. The smallest absolute Gasteiger partial charge is 0.184 e. The predicted molar refractivity (Wildman–Crippen MR) is 102 cm³/mol. The van der Waals surface area contributed by atoms with E-state index in [9.17, 15) is 15.3 Å². The number of hydrogen-bond acceptors (Lipinski definition) is 6. The molecule has 6 atom stereocenters. The highest BCUT2D eigenvalue weighted by atomic mass is 16.7. The molecule has 3 unspecified atom stereocenters. The quantitative estimate of drug-likeness (QED) is 0.744. The van der Waals surface area contributed by atoms with Crippen LogP contribution in [-0.2, 0) is 14.2 Å². The van der Waals surface area contributed by atoms with Crippen LogP contribution in [0.25, 0.3) is 0 Å². The molecule has 2 heterocycles. The van der Waals surface area contributed by atoms with Crippen LogP contribution in [-0.4, -0.2) is 52.4 Å². The Bertz CT molecular complexity index is 825. The van der Waals surface area contributed by atoms with E-state index < -0.39 is 42.9 Å². The molecule has 28 heavy (non-hydrogen) atoms. The van der Waals surface area contributed by atoms with Crippen LogP contribution >= 0.6 is 0 Å². The molecule has 0 amide bonds. The first kappa shape index (κ1) is 19.5. The van der Waals surface area contributed by atoms with Crippen LogP contribution in [0.15, 0.2) is 48.5 Å². The lowest BCUT2D eigenvalue weighted by atomic mass is 9.85. The zero-order chi connectivity index (χ0) is 19.9. The van der Waals surface area contributed by atoms with Crippen molar-refractivity contribution in [1.82, 2.24) is 0 Å². The van der Waals surface area contributed by atoms with E-state index in [0.717, 1.165) is 22.3 Å². The van der Waals surface area contributed by atoms with Crippen molar-refractivity contribution >= 4 is 0 Å². The van der Waals surface area contributed by atoms with Gasteiger partial charge >= 0.3 is 0 Å². The molecule has 0 radical (unpaired) electrons. The van der Waals surface area contributed by atoms with Crippen molar-refractivity contribution in [3.05, 3.63) is 70.8 Å². The lowest BCUT2D eigenvalue weighted by Gasteiger charge is -2.41. The van der Waals surface area contributed by atoms with Crippen LogP contribution in [0.1, 0.15) is 34.6 Å². The Morgan fingerprint density at radius 2 is 1.86 bits per heavy atom. The molecule has 0 bridgehead atoms. The Morgan fingerprint density at radius 3 is 2.54 bits per heavy atom. The van der Waals surface area contributed by atoms with Gasteiger partial charge in [-0.15, -0.1) is 0 Å². The Labute approximate surface area is 164 Å². The van der Waals surface area contributed by atoms with Crippen molar-refractivity contribution in [3.63, 3.8) is 0 Å². The van der Waals surface area contributed by atoms with Crippen LogP contribution < -0.4 is 0 Å². The van der Waals surface area contributed by atoms with E-state index in [1.807, 2.05) is 62.4 Å². The van der Waals surface area contributed by atoms with Crippen molar-refractivity contribution in [2.24, 2.45) is 0 Å². The van der Waals surface area contributed by atoms with Crippen molar-refractivity contribution in [2.75, 3.05) is 13.2 Å². The van der Waals surface area contributed by atoms with Gasteiger partial charge in [0, 0.05) is 5.56 Å². The second-order valence-electron chi connectivity index (χ2n) is 7.69. The minimum absolute atomic E-state index is 0.0101. The zero-order valence-corrected chi connectivity index (χ0v) is 16.0. The summed E-state index contributed by atoms with van der Waals surface area (Å²) in [4.78, 5) is 0. The summed E-state index contributed by atoms with van der Waals surface area (Å²) in [6.07, 6.45) is -4.32. The SMILES string of the molecule is Cc1ccc(C2OC[C@@]3(O)C(c4ccccc4)O[C@H](C(O)CO)[C@@H]3O2)c(C)c1. The third-order valence-electron chi connectivity index (χ3n) is 5.62. The molecule has 2 aromatic carbocycles. The third kappa shape index (κ3) is 3.26. The fourth-order valence-corrected chi connectivity index (χ4v) is 4.16. The fourth-order valence-electron chi connectivity index (χ4n) is 4.16. The molecule has 2 aliphatic rings. The average molecular weight is 386 g/mol. The van der Waals surface area contributed by atoms with Gasteiger partial charge in [-0.05, 0) is 25.0 Å². The summed E-state index contributed by atoms with van der Waals surface area (Å²) in [6, 6.07) is 15.3. The van der Waals surface area contributed by atoms with E-state index in [4.69, 9.17) is 14.2 Å². The number of aliphatic hydroxyl groups is 3. The zero-order valence-electron chi connectivity index (χ0n) is 16.0. The van der Waals surface area contributed by atoms with E-state index in [-0.39, 0.29) is 6.61 Å². The molecule has 0 spiro atoms. The molecule has 2 fully saturated rings. The molecule has 2 saturated heterocycles. The minimum Gasteiger partial charge on any atom is -0.394 e. The predicted octanol–water partition coefficient (Wildman–Crippen LogP) is 1.94.